The maximum absolute atomic E-state index is 6.58. The molecule has 0 aliphatic rings. The van der Waals surface area contributed by atoms with Crippen molar-refractivity contribution in [1.29, 1.82) is 0 Å². The molecule has 0 bridgehead atoms. The van der Waals surface area contributed by atoms with Crippen LogP contribution in [0.1, 0.15) is 138 Å². The average molecular weight is 429 g/mol. The second kappa shape index (κ2) is 20.1. The number of hydrogen-bond acceptors (Lipinski definition) is 2. The van der Waals surface area contributed by atoms with Gasteiger partial charge in [-0.25, -0.2) is 0 Å². The van der Waals surface area contributed by atoms with Crippen molar-refractivity contribution < 1.29 is 8.85 Å². The summed E-state index contributed by atoms with van der Waals surface area (Å²) in [5, 5.41) is 0. The first-order valence-electron chi connectivity index (χ1n) is 13.4. The molecule has 1 atom stereocenters. The van der Waals surface area contributed by atoms with Gasteiger partial charge in [0.2, 0.25) is 0 Å². The molecular weight excluding hydrogens is 372 g/mol. The predicted octanol–water partition coefficient (Wildman–Crippen LogP) is 9.42. The van der Waals surface area contributed by atoms with Crippen molar-refractivity contribution in [2.24, 2.45) is 5.92 Å². The highest BCUT2D eigenvalue weighted by molar-refractivity contribution is 6.67. The first-order chi connectivity index (χ1) is 14.0. The van der Waals surface area contributed by atoms with Crippen LogP contribution < -0.4 is 0 Å². The van der Waals surface area contributed by atoms with Crippen LogP contribution in [0.3, 0.4) is 0 Å². The molecule has 0 aromatic carbocycles. The van der Waals surface area contributed by atoms with Crippen LogP contribution in [-0.4, -0.2) is 21.3 Å². The Kier molecular flexibility index (Phi) is 20.2. The second-order valence-electron chi connectivity index (χ2n) is 9.37. The Labute approximate surface area is 186 Å². The summed E-state index contributed by atoms with van der Waals surface area (Å²) in [4.78, 5) is 0. The maximum atomic E-state index is 6.58. The van der Waals surface area contributed by atoms with Crippen LogP contribution in [0.25, 0.3) is 0 Å². The zero-order valence-corrected chi connectivity index (χ0v) is 22.2. The summed E-state index contributed by atoms with van der Waals surface area (Å²) in [7, 11) is -2.00. The van der Waals surface area contributed by atoms with Gasteiger partial charge in [0.1, 0.15) is 0 Å². The van der Waals surface area contributed by atoms with Gasteiger partial charge in [-0.1, -0.05) is 125 Å². The predicted molar refractivity (Wildman–Crippen MR) is 133 cm³/mol. The van der Waals surface area contributed by atoms with Crippen LogP contribution in [0.2, 0.25) is 12.1 Å². The average Bonchev–Trinajstić information content (AvgIpc) is 2.73. The van der Waals surface area contributed by atoms with Crippen LogP contribution in [0, 0.1) is 5.92 Å². The van der Waals surface area contributed by atoms with Gasteiger partial charge < -0.3 is 8.85 Å². The molecule has 0 rings (SSSR count). The zero-order chi connectivity index (χ0) is 21.8. The topological polar surface area (TPSA) is 18.5 Å². The van der Waals surface area contributed by atoms with E-state index >= 15 is 0 Å². The standard InChI is InChI=1S/C26H56O2Si/c1-7-11-12-13-14-15-16-17-18-19-20-21-22-23-24-27-29(9-3,10-4)28-26(8-2)25(5)6/h25-26H,7-24H2,1-6H3. The van der Waals surface area contributed by atoms with E-state index in [1.54, 1.807) is 0 Å². The van der Waals surface area contributed by atoms with Crippen LogP contribution in [0.15, 0.2) is 0 Å². The van der Waals surface area contributed by atoms with Crippen molar-refractivity contribution in [3.8, 4) is 0 Å². The third-order valence-electron chi connectivity index (χ3n) is 6.45. The second-order valence-corrected chi connectivity index (χ2v) is 13.1. The fourth-order valence-electron chi connectivity index (χ4n) is 4.18. The summed E-state index contributed by atoms with van der Waals surface area (Å²) < 4.78 is 13.0. The van der Waals surface area contributed by atoms with Gasteiger partial charge >= 0.3 is 8.56 Å². The van der Waals surface area contributed by atoms with Gasteiger partial charge in [-0.05, 0) is 30.8 Å². The molecule has 1 unspecified atom stereocenters. The van der Waals surface area contributed by atoms with Gasteiger partial charge in [0.05, 0.1) is 0 Å². The molecule has 0 radical (unpaired) electrons. The lowest BCUT2D eigenvalue weighted by Gasteiger charge is -2.34. The molecule has 2 nitrogen and oxygen atoms in total. The molecule has 0 saturated carbocycles. The van der Waals surface area contributed by atoms with E-state index < -0.39 is 8.56 Å². The minimum absolute atomic E-state index is 0.359. The minimum Gasteiger partial charge on any atom is -0.394 e. The molecule has 29 heavy (non-hydrogen) atoms. The summed E-state index contributed by atoms with van der Waals surface area (Å²) in [5.41, 5.74) is 0. The van der Waals surface area contributed by atoms with E-state index in [1.807, 2.05) is 0 Å². The van der Waals surface area contributed by atoms with Gasteiger partial charge in [-0.15, -0.1) is 0 Å². The Morgan fingerprint density at radius 1 is 0.586 bits per heavy atom. The van der Waals surface area contributed by atoms with E-state index in [0.29, 0.717) is 12.0 Å². The van der Waals surface area contributed by atoms with E-state index in [1.165, 1.54) is 89.9 Å². The van der Waals surface area contributed by atoms with Gasteiger partial charge in [-0.3, -0.25) is 0 Å². The van der Waals surface area contributed by atoms with E-state index in [4.69, 9.17) is 8.85 Å². The molecule has 0 aliphatic carbocycles. The molecule has 0 spiro atoms. The largest absolute Gasteiger partial charge is 0.394 e. The first kappa shape index (κ1) is 29.1. The molecular formula is C26H56O2Si. The molecule has 0 N–H and O–H groups in total. The Bertz CT molecular complexity index is 329. The smallest absolute Gasteiger partial charge is 0.337 e. The Morgan fingerprint density at radius 2 is 1.00 bits per heavy atom. The molecule has 3 heteroatoms. The van der Waals surface area contributed by atoms with Crippen molar-refractivity contribution in [3.05, 3.63) is 0 Å². The fraction of sp³-hybridized carbons (Fsp3) is 1.00. The maximum Gasteiger partial charge on any atom is 0.337 e. The van der Waals surface area contributed by atoms with Crippen LogP contribution in [0.5, 0.6) is 0 Å². The molecule has 0 aromatic rings. The number of hydrogen-bond donors (Lipinski definition) is 0. The van der Waals surface area contributed by atoms with Crippen molar-refractivity contribution in [1.82, 2.24) is 0 Å². The van der Waals surface area contributed by atoms with Crippen molar-refractivity contribution in [2.75, 3.05) is 6.61 Å². The molecule has 0 aromatic heterocycles. The quantitative estimate of drug-likeness (QED) is 0.126. The van der Waals surface area contributed by atoms with Gasteiger partial charge in [0.15, 0.2) is 0 Å². The van der Waals surface area contributed by atoms with Crippen molar-refractivity contribution in [3.63, 3.8) is 0 Å². The fourth-order valence-corrected chi connectivity index (χ4v) is 6.99. The number of rotatable bonds is 22. The molecule has 0 saturated heterocycles. The van der Waals surface area contributed by atoms with E-state index in [0.717, 1.165) is 25.1 Å². The lowest BCUT2D eigenvalue weighted by Crippen LogP contribution is -2.45. The highest BCUT2D eigenvalue weighted by Crippen LogP contribution is 2.25. The highest BCUT2D eigenvalue weighted by atomic mass is 28.4. The number of unbranched alkanes of at least 4 members (excludes halogenated alkanes) is 13. The van der Waals surface area contributed by atoms with E-state index in [2.05, 4.69) is 41.5 Å². The SMILES string of the molecule is CCCCCCCCCCCCCCCCO[Si](CC)(CC)OC(CC)C(C)C. The summed E-state index contributed by atoms with van der Waals surface area (Å²) in [6.45, 7) is 14.5. The highest BCUT2D eigenvalue weighted by Gasteiger charge is 2.36. The van der Waals surface area contributed by atoms with Gasteiger partial charge in [0.25, 0.3) is 0 Å². The molecule has 0 amide bonds. The molecule has 176 valence electrons. The molecule has 0 fully saturated rings. The third-order valence-corrected chi connectivity index (χ3v) is 10.1. The normalized spacial score (nSPS) is 13.3. The lowest BCUT2D eigenvalue weighted by molar-refractivity contribution is 0.0788. The van der Waals surface area contributed by atoms with Crippen molar-refractivity contribution in [2.45, 2.75) is 156 Å². The summed E-state index contributed by atoms with van der Waals surface area (Å²) in [6.07, 6.45) is 21.1. The lowest BCUT2D eigenvalue weighted by atomic mass is 10.0. The van der Waals surface area contributed by atoms with E-state index in [9.17, 15) is 0 Å². The summed E-state index contributed by atoms with van der Waals surface area (Å²) in [5.74, 6) is 0.578. The van der Waals surface area contributed by atoms with Crippen molar-refractivity contribution >= 4 is 8.56 Å². The Balaban J connectivity index is 3.66. The summed E-state index contributed by atoms with van der Waals surface area (Å²) in [6, 6.07) is 2.15. The Hall–Kier alpha value is 0.137. The van der Waals surface area contributed by atoms with Crippen LogP contribution >= 0.6 is 0 Å². The van der Waals surface area contributed by atoms with E-state index in [-0.39, 0.29) is 0 Å². The minimum atomic E-state index is -2.00. The van der Waals surface area contributed by atoms with Crippen LogP contribution in [-0.2, 0) is 8.85 Å². The summed E-state index contributed by atoms with van der Waals surface area (Å²) >= 11 is 0. The Morgan fingerprint density at radius 3 is 1.34 bits per heavy atom. The van der Waals surface area contributed by atoms with Gasteiger partial charge in [0, 0.05) is 12.7 Å². The molecule has 0 aliphatic heterocycles. The first-order valence-corrected chi connectivity index (χ1v) is 15.6. The third kappa shape index (κ3) is 15.6. The monoisotopic (exact) mass is 428 g/mol. The molecule has 0 heterocycles. The van der Waals surface area contributed by atoms with Gasteiger partial charge in [-0.2, -0.15) is 0 Å². The zero-order valence-electron chi connectivity index (χ0n) is 21.2. The van der Waals surface area contributed by atoms with Crippen LogP contribution in [0.4, 0.5) is 0 Å².